The first-order valence-corrected chi connectivity index (χ1v) is 7.57. The summed E-state index contributed by atoms with van der Waals surface area (Å²) in [7, 11) is 0. The van der Waals surface area contributed by atoms with Gasteiger partial charge in [-0.3, -0.25) is 4.79 Å². The molecule has 0 radical (unpaired) electrons. The van der Waals surface area contributed by atoms with Gasteiger partial charge in [0.1, 0.15) is 23.2 Å². The van der Waals surface area contributed by atoms with E-state index in [1.54, 1.807) is 12.1 Å². The van der Waals surface area contributed by atoms with Gasteiger partial charge in [0.15, 0.2) is 0 Å². The summed E-state index contributed by atoms with van der Waals surface area (Å²) in [5.41, 5.74) is 1.90. The number of carbonyl (C=O) groups is 1. The van der Waals surface area contributed by atoms with Crippen molar-refractivity contribution < 1.29 is 9.21 Å². The van der Waals surface area contributed by atoms with Crippen LogP contribution in [0.15, 0.2) is 40.3 Å². The van der Waals surface area contributed by atoms with Crippen LogP contribution in [-0.4, -0.2) is 11.9 Å². The maximum Gasteiger partial charge on any atom is 0.262 e. The van der Waals surface area contributed by atoms with Crippen LogP contribution in [0.2, 0.25) is 5.02 Å². The van der Waals surface area contributed by atoms with Crippen LogP contribution in [0, 0.1) is 18.3 Å². The third-order valence-corrected chi connectivity index (χ3v) is 3.40. The lowest BCUT2D eigenvalue weighted by atomic mass is 10.1. The van der Waals surface area contributed by atoms with E-state index in [4.69, 9.17) is 21.3 Å². The van der Waals surface area contributed by atoms with Gasteiger partial charge < -0.3 is 9.73 Å². The van der Waals surface area contributed by atoms with Crippen molar-refractivity contribution in [3.05, 3.63) is 52.3 Å². The lowest BCUT2D eigenvalue weighted by Crippen LogP contribution is -2.30. The molecular weight excluding hydrogens is 312 g/mol. The number of nitrogens with zero attached hydrogens (tertiary/aromatic N) is 1. The average Bonchev–Trinajstić information content (AvgIpc) is 2.94. The highest BCUT2D eigenvalue weighted by molar-refractivity contribution is 6.30. The molecule has 0 spiro atoms. The highest BCUT2D eigenvalue weighted by Gasteiger charge is 2.12. The molecule has 0 unspecified atom stereocenters. The maximum absolute atomic E-state index is 11.9. The number of aryl methyl sites for hydroxylation is 1. The summed E-state index contributed by atoms with van der Waals surface area (Å²) in [5.74, 6) is 0.659. The van der Waals surface area contributed by atoms with Crippen molar-refractivity contribution in [1.82, 2.24) is 5.32 Å². The molecule has 0 aliphatic heterocycles. The van der Waals surface area contributed by atoms with Gasteiger partial charge in [-0.2, -0.15) is 5.26 Å². The van der Waals surface area contributed by atoms with Crippen LogP contribution >= 0.6 is 11.6 Å². The molecule has 1 heterocycles. The van der Waals surface area contributed by atoms with Crippen molar-refractivity contribution in [1.29, 1.82) is 5.26 Å². The molecule has 1 N–H and O–H groups in total. The standard InChI is InChI=1S/C18H17ClN2O2/c1-11(2)21-18(22)13(10-20)8-15-6-7-17(23-15)16-9-14(19)5-4-12(16)3/h4-9,11H,1-3H3,(H,21,22)/b13-8-. The molecule has 0 saturated heterocycles. The molecule has 0 aliphatic rings. The van der Waals surface area contributed by atoms with Gasteiger partial charge >= 0.3 is 0 Å². The smallest absolute Gasteiger partial charge is 0.262 e. The summed E-state index contributed by atoms with van der Waals surface area (Å²) >= 11 is 6.02. The Labute approximate surface area is 140 Å². The van der Waals surface area contributed by atoms with E-state index < -0.39 is 5.91 Å². The molecule has 1 amide bonds. The van der Waals surface area contributed by atoms with E-state index in [9.17, 15) is 4.79 Å². The number of hydrogen-bond acceptors (Lipinski definition) is 3. The van der Waals surface area contributed by atoms with Gasteiger partial charge in [-0.1, -0.05) is 17.7 Å². The highest BCUT2D eigenvalue weighted by Crippen LogP contribution is 2.28. The Morgan fingerprint density at radius 1 is 1.35 bits per heavy atom. The number of hydrogen-bond donors (Lipinski definition) is 1. The molecule has 0 bridgehead atoms. The lowest BCUT2D eigenvalue weighted by Gasteiger charge is -2.06. The first-order valence-electron chi connectivity index (χ1n) is 7.19. The molecule has 0 atom stereocenters. The second-order valence-electron chi connectivity index (χ2n) is 5.46. The number of furan rings is 1. The Morgan fingerprint density at radius 3 is 2.74 bits per heavy atom. The van der Waals surface area contributed by atoms with Gasteiger partial charge in [-0.25, -0.2) is 0 Å². The first-order chi connectivity index (χ1) is 10.9. The number of benzene rings is 1. The van der Waals surface area contributed by atoms with Crippen molar-refractivity contribution in [3.63, 3.8) is 0 Å². The molecule has 0 aliphatic carbocycles. The first kappa shape index (κ1) is 16.9. The minimum absolute atomic E-state index is 0.00224. The molecule has 23 heavy (non-hydrogen) atoms. The van der Waals surface area contributed by atoms with E-state index in [-0.39, 0.29) is 11.6 Å². The van der Waals surface area contributed by atoms with E-state index in [0.29, 0.717) is 16.5 Å². The fourth-order valence-corrected chi connectivity index (χ4v) is 2.24. The van der Waals surface area contributed by atoms with E-state index in [1.165, 1.54) is 6.08 Å². The van der Waals surface area contributed by atoms with Crippen LogP contribution in [0.25, 0.3) is 17.4 Å². The Bertz CT molecular complexity index is 798. The fourth-order valence-electron chi connectivity index (χ4n) is 2.07. The number of halogens is 1. The second kappa shape index (κ2) is 7.17. The van der Waals surface area contributed by atoms with Crippen LogP contribution in [0.1, 0.15) is 25.2 Å². The van der Waals surface area contributed by atoms with Gasteiger partial charge in [0, 0.05) is 22.7 Å². The zero-order chi connectivity index (χ0) is 17.0. The predicted octanol–water partition coefficient (Wildman–Crippen LogP) is 4.34. The van der Waals surface area contributed by atoms with Crippen molar-refractivity contribution in [2.24, 2.45) is 0 Å². The quantitative estimate of drug-likeness (QED) is 0.670. The van der Waals surface area contributed by atoms with Crippen LogP contribution in [-0.2, 0) is 4.79 Å². The minimum atomic E-state index is -0.417. The van der Waals surface area contributed by atoms with Gasteiger partial charge in [-0.15, -0.1) is 0 Å². The van der Waals surface area contributed by atoms with Crippen molar-refractivity contribution in [3.8, 4) is 17.4 Å². The molecule has 4 nitrogen and oxygen atoms in total. The third kappa shape index (κ3) is 4.24. The Balaban J connectivity index is 2.31. The third-order valence-electron chi connectivity index (χ3n) is 3.16. The zero-order valence-electron chi connectivity index (χ0n) is 13.2. The molecule has 0 fully saturated rings. The zero-order valence-corrected chi connectivity index (χ0v) is 13.9. The van der Waals surface area contributed by atoms with Crippen molar-refractivity contribution >= 4 is 23.6 Å². The number of amides is 1. The monoisotopic (exact) mass is 328 g/mol. The molecule has 2 aromatic rings. The molecule has 0 saturated carbocycles. The van der Waals surface area contributed by atoms with Gasteiger partial charge in [0.2, 0.25) is 0 Å². The Kier molecular flexibility index (Phi) is 5.25. The molecule has 5 heteroatoms. The maximum atomic E-state index is 11.9. The average molecular weight is 329 g/mol. The topological polar surface area (TPSA) is 66.0 Å². The Hall–Kier alpha value is -2.51. The number of nitrogens with one attached hydrogen (secondary N) is 1. The van der Waals surface area contributed by atoms with Crippen LogP contribution in [0.4, 0.5) is 0 Å². The fraction of sp³-hybridized carbons (Fsp3) is 0.222. The van der Waals surface area contributed by atoms with E-state index in [2.05, 4.69) is 5.32 Å². The molecular formula is C18H17ClN2O2. The second-order valence-corrected chi connectivity index (χ2v) is 5.90. The summed E-state index contributed by atoms with van der Waals surface area (Å²) in [5, 5.41) is 12.4. The summed E-state index contributed by atoms with van der Waals surface area (Å²) in [6.45, 7) is 5.63. The Morgan fingerprint density at radius 2 is 2.09 bits per heavy atom. The van der Waals surface area contributed by atoms with E-state index in [1.807, 2.05) is 45.0 Å². The number of rotatable bonds is 4. The van der Waals surface area contributed by atoms with E-state index >= 15 is 0 Å². The normalized spacial score (nSPS) is 11.4. The summed E-state index contributed by atoms with van der Waals surface area (Å²) in [6, 6.07) is 10.9. The SMILES string of the molecule is Cc1ccc(Cl)cc1-c1ccc(/C=C(/C#N)C(=O)NC(C)C)o1. The predicted molar refractivity (Wildman–Crippen MR) is 90.8 cm³/mol. The summed E-state index contributed by atoms with van der Waals surface area (Å²) in [4.78, 5) is 11.9. The molecule has 118 valence electrons. The molecule has 1 aromatic carbocycles. The highest BCUT2D eigenvalue weighted by atomic mass is 35.5. The van der Waals surface area contributed by atoms with Gasteiger partial charge in [0.25, 0.3) is 5.91 Å². The largest absolute Gasteiger partial charge is 0.457 e. The van der Waals surface area contributed by atoms with Crippen LogP contribution < -0.4 is 5.32 Å². The van der Waals surface area contributed by atoms with Crippen molar-refractivity contribution in [2.45, 2.75) is 26.8 Å². The number of carbonyl (C=O) groups excluding carboxylic acids is 1. The van der Waals surface area contributed by atoms with Gasteiger partial charge in [-0.05, 0) is 50.6 Å². The van der Waals surface area contributed by atoms with Crippen molar-refractivity contribution in [2.75, 3.05) is 0 Å². The van der Waals surface area contributed by atoms with Crippen LogP contribution in [0.3, 0.4) is 0 Å². The summed E-state index contributed by atoms with van der Waals surface area (Å²) in [6.07, 6.45) is 1.43. The lowest BCUT2D eigenvalue weighted by molar-refractivity contribution is -0.117. The summed E-state index contributed by atoms with van der Waals surface area (Å²) < 4.78 is 5.73. The van der Waals surface area contributed by atoms with Gasteiger partial charge in [0.05, 0.1) is 0 Å². The molecule has 1 aromatic heterocycles. The molecule has 2 rings (SSSR count). The number of nitriles is 1. The minimum Gasteiger partial charge on any atom is -0.457 e. The van der Waals surface area contributed by atoms with E-state index in [0.717, 1.165) is 11.1 Å². The van der Waals surface area contributed by atoms with Crippen LogP contribution in [0.5, 0.6) is 0 Å².